The maximum Gasteiger partial charge on any atom is 0.242 e. The van der Waals surface area contributed by atoms with Crippen LogP contribution in [0.25, 0.3) is 0 Å². The van der Waals surface area contributed by atoms with Gasteiger partial charge in [0.15, 0.2) is 5.78 Å². The van der Waals surface area contributed by atoms with Gasteiger partial charge in [0.1, 0.15) is 5.75 Å². The second-order valence-electron chi connectivity index (χ2n) is 3.88. The summed E-state index contributed by atoms with van der Waals surface area (Å²) in [7, 11) is -3.56. The second-order valence-corrected chi connectivity index (χ2v) is 6.66. The van der Waals surface area contributed by atoms with Crippen molar-refractivity contribution in [3.63, 3.8) is 0 Å². The van der Waals surface area contributed by atoms with Gasteiger partial charge >= 0.3 is 0 Å². The zero-order chi connectivity index (χ0) is 13.3. The summed E-state index contributed by atoms with van der Waals surface area (Å²) < 4.78 is 25.1. The molecule has 2 rings (SSSR count). The van der Waals surface area contributed by atoms with E-state index in [1.165, 1.54) is 22.1 Å². The van der Waals surface area contributed by atoms with E-state index < -0.39 is 15.8 Å². The lowest BCUT2D eigenvalue weighted by atomic mass is 10.1. The van der Waals surface area contributed by atoms with Gasteiger partial charge in [0.25, 0.3) is 0 Å². The van der Waals surface area contributed by atoms with Crippen LogP contribution in [0.2, 0.25) is 0 Å². The molecular formula is C12H13NO3S2. The summed E-state index contributed by atoms with van der Waals surface area (Å²) in [5.74, 6) is -0.813. The predicted molar refractivity (Wildman–Crippen MR) is 73.9 cm³/mol. The monoisotopic (exact) mass is 283 g/mol. The van der Waals surface area contributed by atoms with Crippen molar-refractivity contribution in [1.29, 1.82) is 0 Å². The first-order valence-electron chi connectivity index (χ1n) is 5.32. The molecule has 0 aromatic heterocycles. The molecule has 0 fully saturated rings. The predicted octanol–water partition coefficient (Wildman–Crippen LogP) is 1.93. The van der Waals surface area contributed by atoms with E-state index >= 15 is 0 Å². The fourth-order valence-corrected chi connectivity index (χ4v) is 3.76. The van der Waals surface area contributed by atoms with Crippen molar-refractivity contribution < 1.29 is 13.2 Å². The quantitative estimate of drug-likeness (QED) is 0.628. The van der Waals surface area contributed by atoms with E-state index in [0.717, 1.165) is 4.90 Å². The van der Waals surface area contributed by atoms with E-state index in [2.05, 4.69) is 6.58 Å². The molecule has 4 nitrogen and oxygen atoms in total. The van der Waals surface area contributed by atoms with Crippen LogP contribution in [-0.4, -0.2) is 32.8 Å². The van der Waals surface area contributed by atoms with Gasteiger partial charge in [0, 0.05) is 10.5 Å². The maximum atomic E-state index is 12.0. The highest BCUT2D eigenvalue weighted by atomic mass is 32.2. The number of Topliss-reactive ketones (excluding diaryl/α,β-unsaturated/α-hetero) is 1. The van der Waals surface area contributed by atoms with Crippen molar-refractivity contribution in [1.82, 2.24) is 0 Å². The second kappa shape index (κ2) is 4.78. The van der Waals surface area contributed by atoms with Crippen molar-refractivity contribution in [3.8, 4) is 0 Å². The molecule has 0 amide bonds. The number of sulfonamides is 1. The Labute approximate surface area is 111 Å². The van der Waals surface area contributed by atoms with Crippen LogP contribution in [0, 0.1) is 0 Å². The number of benzene rings is 1. The van der Waals surface area contributed by atoms with E-state index in [1.54, 1.807) is 12.1 Å². The lowest BCUT2D eigenvalue weighted by molar-refractivity contribution is 0.102. The number of hydrogen-bond donors (Lipinski definition) is 0. The Kier molecular flexibility index (Phi) is 3.49. The van der Waals surface area contributed by atoms with Gasteiger partial charge < -0.3 is 0 Å². The highest BCUT2D eigenvalue weighted by molar-refractivity contribution is 7.98. The summed E-state index contributed by atoms with van der Waals surface area (Å²) in [6.07, 6.45) is 3.42. The first-order valence-corrected chi connectivity index (χ1v) is 8.15. The molecule has 96 valence electrons. The van der Waals surface area contributed by atoms with E-state index in [-0.39, 0.29) is 12.3 Å². The number of thioether (sulfide) groups is 1. The molecule has 0 atom stereocenters. The molecule has 0 aliphatic carbocycles. The molecule has 0 N–H and O–H groups in total. The lowest BCUT2D eigenvalue weighted by Crippen LogP contribution is -2.40. The van der Waals surface area contributed by atoms with Gasteiger partial charge in [-0.25, -0.2) is 8.42 Å². The minimum absolute atomic E-state index is 0.182. The standard InChI is InChI=1S/C12H13NO3S2/c1-3-6-13-11-5-4-9(17-2)7-10(11)12(14)8-18(13,15)16/h3-5,7H,1,6,8H2,2H3. The van der Waals surface area contributed by atoms with E-state index in [1.807, 2.05) is 12.3 Å². The Balaban J connectivity index is 2.61. The van der Waals surface area contributed by atoms with E-state index in [0.29, 0.717) is 11.3 Å². The van der Waals surface area contributed by atoms with E-state index in [9.17, 15) is 13.2 Å². The molecular weight excluding hydrogens is 270 g/mol. The molecule has 1 aromatic carbocycles. The molecule has 18 heavy (non-hydrogen) atoms. The first-order chi connectivity index (χ1) is 8.49. The highest BCUT2D eigenvalue weighted by Gasteiger charge is 2.34. The Morgan fingerprint density at radius 3 is 2.83 bits per heavy atom. The van der Waals surface area contributed by atoms with Gasteiger partial charge in [0.05, 0.1) is 12.2 Å². The zero-order valence-electron chi connectivity index (χ0n) is 9.92. The molecule has 1 aliphatic heterocycles. The third-order valence-corrected chi connectivity index (χ3v) is 5.09. The normalized spacial score (nSPS) is 17.4. The number of hydrogen-bond acceptors (Lipinski definition) is 4. The number of rotatable bonds is 3. The van der Waals surface area contributed by atoms with Crippen molar-refractivity contribution in [2.24, 2.45) is 0 Å². The number of nitrogens with zero attached hydrogens (tertiary/aromatic N) is 1. The Morgan fingerprint density at radius 1 is 1.50 bits per heavy atom. The van der Waals surface area contributed by atoms with Crippen molar-refractivity contribution in [3.05, 3.63) is 36.4 Å². The van der Waals surface area contributed by atoms with Crippen LogP contribution >= 0.6 is 11.8 Å². The van der Waals surface area contributed by atoms with Gasteiger partial charge in [0.2, 0.25) is 10.0 Å². The van der Waals surface area contributed by atoms with Crippen LogP contribution in [0.5, 0.6) is 0 Å². The topological polar surface area (TPSA) is 54.5 Å². The summed E-state index contributed by atoms with van der Waals surface area (Å²) >= 11 is 1.52. The molecule has 0 bridgehead atoms. The molecule has 0 saturated heterocycles. The Bertz CT molecular complexity index is 608. The minimum atomic E-state index is -3.56. The Hall–Kier alpha value is -1.27. The number of anilines is 1. The van der Waals surface area contributed by atoms with Gasteiger partial charge in [-0.1, -0.05) is 6.08 Å². The summed E-state index contributed by atoms with van der Waals surface area (Å²) in [6, 6.07) is 5.24. The van der Waals surface area contributed by atoms with Crippen LogP contribution in [0.3, 0.4) is 0 Å². The average molecular weight is 283 g/mol. The maximum absolute atomic E-state index is 12.0. The molecule has 0 unspecified atom stereocenters. The van der Waals surface area contributed by atoms with Gasteiger partial charge in [-0.2, -0.15) is 0 Å². The minimum Gasteiger partial charge on any atom is -0.293 e. The van der Waals surface area contributed by atoms with Crippen molar-refractivity contribution in [2.45, 2.75) is 4.90 Å². The first kappa shape index (κ1) is 13.2. The number of fused-ring (bicyclic) bond motifs is 1. The molecule has 1 heterocycles. The third kappa shape index (κ3) is 2.18. The fraction of sp³-hybridized carbons (Fsp3) is 0.250. The fourth-order valence-electron chi connectivity index (χ4n) is 1.88. The van der Waals surface area contributed by atoms with E-state index in [4.69, 9.17) is 0 Å². The summed E-state index contributed by atoms with van der Waals surface area (Å²) in [6.45, 7) is 3.73. The summed E-state index contributed by atoms with van der Waals surface area (Å²) in [4.78, 5) is 12.8. The molecule has 1 aromatic rings. The highest BCUT2D eigenvalue weighted by Crippen LogP contribution is 2.32. The molecule has 6 heteroatoms. The summed E-state index contributed by atoms with van der Waals surface area (Å²) in [5, 5.41) is 0. The van der Waals surface area contributed by atoms with Crippen LogP contribution < -0.4 is 4.31 Å². The van der Waals surface area contributed by atoms with Crippen LogP contribution in [0.4, 0.5) is 5.69 Å². The van der Waals surface area contributed by atoms with Crippen LogP contribution in [-0.2, 0) is 10.0 Å². The smallest absolute Gasteiger partial charge is 0.242 e. The largest absolute Gasteiger partial charge is 0.293 e. The SMILES string of the molecule is C=CCN1c2ccc(SC)cc2C(=O)CS1(=O)=O. The number of carbonyl (C=O) groups is 1. The summed E-state index contributed by atoms with van der Waals surface area (Å²) in [5.41, 5.74) is 0.919. The number of carbonyl (C=O) groups excluding carboxylic acids is 1. The lowest BCUT2D eigenvalue weighted by Gasteiger charge is -2.29. The Morgan fingerprint density at radius 2 is 2.22 bits per heavy atom. The number of ketones is 1. The van der Waals surface area contributed by atoms with Gasteiger partial charge in [-0.3, -0.25) is 9.10 Å². The van der Waals surface area contributed by atoms with Crippen molar-refractivity contribution in [2.75, 3.05) is 22.9 Å². The van der Waals surface area contributed by atoms with Gasteiger partial charge in [-0.05, 0) is 24.5 Å². The molecule has 1 aliphatic rings. The van der Waals surface area contributed by atoms with Crippen LogP contribution in [0.15, 0.2) is 35.7 Å². The average Bonchev–Trinajstić information content (AvgIpc) is 2.33. The van der Waals surface area contributed by atoms with Gasteiger partial charge in [-0.15, -0.1) is 18.3 Å². The molecule has 0 spiro atoms. The molecule has 0 radical (unpaired) electrons. The third-order valence-electron chi connectivity index (χ3n) is 2.72. The molecule has 0 saturated carbocycles. The zero-order valence-corrected chi connectivity index (χ0v) is 11.6. The van der Waals surface area contributed by atoms with Crippen LogP contribution in [0.1, 0.15) is 10.4 Å². The van der Waals surface area contributed by atoms with Crippen molar-refractivity contribution >= 4 is 33.3 Å².